The van der Waals surface area contributed by atoms with Crippen LogP contribution < -0.4 is 5.32 Å². The number of carbonyl (C=O) groups excluding carboxylic acids is 1. The van der Waals surface area contributed by atoms with E-state index in [1.807, 2.05) is 29.0 Å². The molecule has 3 rings (SSSR count). The predicted molar refractivity (Wildman–Crippen MR) is 94.5 cm³/mol. The smallest absolute Gasteiger partial charge is 0.244 e. The third-order valence-electron chi connectivity index (χ3n) is 4.41. The summed E-state index contributed by atoms with van der Waals surface area (Å²) in [5.74, 6) is -0.0435. The summed E-state index contributed by atoms with van der Waals surface area (Å²) in [6.45, 7) is 2.14. The normalized spacial score (nSPS) is 17.2. The number of thiophene rings is 1. The average Bonchev–Trinajstić information content (AvgIpc) is 3.13. The van der Waals surface area contributed by atoms with Gasteiger partial charge >= 0.3 is 0 Å². The Kier molecular flexibility index (Phi) is 5.26. The first-order valence-corrected chi connectivity index (χ1v) is 8.84. The summed E-state index contributed by atoms with van der Waals surface area (Å²) in [6, 6.07) is 12.4. The van der Waals surface area contributed by atoms with Gasteiger partial charge in [-0.15, -0.1) is 0 Å². The van der Waals surface area contributed by atoms with Gasteiger partial charge in [0.05, 0.1) is 0 Å². The second-order valence-corrected chi connectivity index (χ2v) is 6.65. The highest BCUT2D eigenvalue weighted by Crippen LogP contribution is 2.34. The first-order valence-electron chi connectivity index (χ1n) is 7.90. The highest BCUT2D eigenvalue weighted by molar-refractivity contribution is 7.08. The van der Waals surface area contributed by atoms with Gasteiger partial charge in [0, 0.05) is 31.2 Å². The Morgan fingerprint density at radius 2 is 2.00 bits per heavy atom. The van der Waals surface area contributed by atoms with Crippen LogP contribution in [-0.4, -0.2) is 25.7 Å². The van der Waals surface area contributed by atoms with Crippen LogP contribution >= 0.6 is 11.3 Å². The monoisotopic (exact) mass is 327 g/mol. The van der Waals surface area contributed by atoms with Crippen molar-refractivity contribution in [2.24, 2.45) is 0 Å². The van der Waals surface area contributed by atoms with Crippen molar-refractivity contribution in [3.05, 3.63) is 64.4 Å². The maximum Gasteiger partial charge on any atom is 0.244 e. The van der Waals surface area contributed by atoms with Gasteiger partial charge in [0.2, 0.25) is 5.91 Å². The fourth-order valence-corrected chi connectivity index (χ4v) is 3.61. The van der Waals surface area contributed by atoms with Crippen LogP contribution in [0.3, 0.4) is 0 Å². The second kappa shape index (κ2) is 7.57. The third-order valence-corrected chi connectivity index (χ3v) is 5.11. The number of nitrogens with one attached hydrogen (secondary N) is 1. The lowest BCUT2D eigenvalue weighted by molar-refractivity contribution is -0.116. The third kappa shape index (κ3) is 4.09. The molecule has 1 fully saturated rings. The molecule has 1 aromatic heterocycles. The van der Waals surface area contributed by atoms with Crippen molar-refractivity contribution in [2.45, 2.75) is 18.3 Å². The summed E-state index contributed by atoms with van der Waals surface area (Å²) >= 11 is 1.63. The van der Waals surface area contributed by atoms with Gasteiger partial charge in [-0.3, -0.25) is 4.79 Å². The van der Waals surface area contributed by atoms with Crippen molar-refractivity contribution in [1.29, 1.82) is 0 Å². The molecule has 1 saturated heterocycles. The Labute approximate surface area is 141 Å². The topological polar surface area (TPSA) is 38.3 Å². The zero-order chi connectivity index (χ0) is 16.0. The summed E-state index contributed by atoms with van der Waals surface area (Å²) in [4.78, 5) is 12.1. The van der Waals surface area contributed by atoms with Gasteiger partial charge in [-0.25, -0.2) is 0 Å². The van der Waals surface area contributed by atoms with Crippen LogP contribution in [0.5, 0.6) is 0 Å². The summed E-state index contributed by atoms with van der Waals surface area (Å²) in [5, 5.41) is 7.10. The lowest BCUT2D eigenvalue weighted by Gasteiger charge is -2.37. The molecule has 3 nitrogen and oxygen atoms in total. The number of hydrogen-bond donors (Lipinski definition) is 1. The van der Waals surface area contributed by atoms with Crippen molar-refractivity contribution >= 4 is 23.3 Å². The first-order chi connectivity index (χ1) is 11.3. The standard InChI is InChI=1S/C19H21NO2S/c21-18(7-6-16-8-13-23-14-16)20-15-19(9-11-22-12-10-19)17-4-2-1-3-5-17/h1-8,13-14H,9-12,15H2,(H,20,21)/b7-6+. The molecule has 0 unspecified atom stereocenters. The second-order valence-electron chi connectivity index (χ2n) is 5.87. The number of benzene rings is 1. The minimum atomic E-state index is -0.0435. The zero-order valence-electron chi connectivity index (χ0n) is 13.0. The number of carbonyl (C=O) groups is 1. The zero-order valence-corrected chi connectivity index (χ0v) is 13.9. The van der Waals surface area contributed by atoms with Crippen molar-refractivity contribution in [3.63, 3.8) is 0 Å². The van der Waals surface area contributed by atoms with Crippen molar-refractivity contribution in [1.82, 2.24) is 5.32 Å². The molecule has 0 atom stereocenters. The molecular weight excluding hydrogens is 306 g/mol. The lowest BCUT2D eigenvalue weighted by Crippen LogP contribution is -2.44. The van der Waals surface area contributed by atoms with Crippen LogP contribution in [-0.2, 0) is 14.9 Å². The van der Waals surface area contributed by atoms with E-state index < -0.39 is 0 Å². The molecule has 4 heteroatoms. The van der Waals surface area contributed by atoms with E-state index in [-0.39, 0.29) is 11.3 Å². The molecule has 0 bridgehead atoms. The molecule has 2 aromatic rings. The fraction of sp³-hybridized carbons (Fsp3) is 0.316. The van der Waals surface area contributed by atoms with Gasteiger partial charge in [-0.05, 0) is 46.9 Å². The van der Waals surface area contributed by atoms with E-state index in [1.54, 1.807) is 17.4 Å². The van der Waals surface area contributed by atoms with Crippen molar-refractivity contribution in [2.75, 3.05) is 19.8 Å². The number of ether oxygens (including phenoxy) is 1. The SMILES string of the molecule is O=C(/C=C/c1ccsc1)NCC1(c2ccccc2)CCOCC1. The average molecular weight is 327 g/mol. The first kappa shape index (κ1) is 16.0. The molecule has 1 aliphatic rings. The Bertz CT molecular complexity index is 643. The molecule has 23 heavy (non-hydrogen) atoms. The highest BCUT2D eigenvalue weighted by Gasteiger charge is 2.34. The van der Waals surface area contributed by atoms with Gasteiger partial charge in [-0.2, -0.15) is 11.3 Å². The van der Waals surface area contributed by atoms with Crippen LogP contribution in [0, 0.1) is 0 Å². The van der Waals surface area contributed by atoms with Crippen molar-refractivity contribution < 1.29 is 9.53 Å². The van der Waals surface area contributed by atoms with E-state index in [1.165, 1.54) is 5.56 Å². The van der Waals surface area contributed by atoms with E-state index >= 15 is 0 Å². The minimum absolute atomic E-state index is 0.0224. The molecule has 1 amide bonds. The van der Waals surface area contributed by atoms with E-state index in [9.17, 15) is 4.79 Å². The van der Waals surface area contributed by atoms with Gasteiger partial charge in [-0.1, -0.05) is 30.3 Å². The lowest BCUT2D eigenvalue weighted by atomic mass is 9.74. The van der Waals surface area contributed by atoms with Crippen LogP contribution in [0.25, 0.3) is 6.08 Å². The highest BCUT2D eigenvalue weighted by atomic mass is 32.1. The van der Waals surface area contributed by atoms with Gasteiger partial charge in [0.15, 0.2) is 0 Å². The maximum absolute atomic E-state index is 12.1. The molecule has 1 aliphatic heterocycles. The Morgan fingerprint density at radius 1 is 1.22 bits per heavy atom. The van der Waals surface area contributed by atoms with Crippen LogP contribution in [0.1, 0.15) is 24.0 Å². The van der Waals surface area contributed by atoms with Crippen LogP contribution in [0.15, 0.2) is 53.2 Å². The van der Waals surface area contributed by atoms with Gasteiger partial charge in [0.25, 0.3) is 0 Å². The van der Waals surface area contributed by atoms with E-state index in [4.69, 9.17) is 4.74 Å². The van der Waals surface area contributed by atoms with E-state index in [0.717, 1.165) is 31.6 Å². The van der Waals surface area contributed by atoms with Crippen LogP contribution in [0.2, 0.25) is 0 Å². The summed E-state index contributed by atoms with van der Waals surface area (Å²) < 4.78 is 5.52. The molecule has 1 aromatic carbocycles. The predicted octanol–water partition coefficient (Wildman–Crippen LogP) is 3.63. The molecule has 1 N–H and O–H groups in total. The molecule has 2 heterocycles. The molecule has 0 aliphatic carbocycles. The maximum atomic E-state index is 12.1. The summed E-state index contributed by atoms with van der Waals surface area (Å²) in [5.41, 5.74) is 2.32. The molecular formula is C19H21NO2S. The molecule has 120 valence electrons. The fourth-order valence-electron chi connectivity index (χ4n) is 2.98. The molecule has 0 radical (unpaired) electrons. The summed E-state index contributed by atoms with van der Waals surface area (Å²) in [6.07, 6.45) is 5.34. The largest absolute Gasteiger partial charge is 0.381 e. The number of hydrogen-bond acceptors (Lipinski definition) is 3. The molecule has 0 saturated carbocycles. The van der Waals surface area contributed by atoms with Gasteiger partial charge < -0.3 is 10.1 Å². The number of amides is 1. The number of rotatable bonds is 5. The Morgan fingerprint density at radius 3 is 2.70 bits per heavy atom. The minimum Gasteiger partial charge on any atom is -0.381 e. The Hall–Kier alpha value is -1.91. The van der Waals surface area contributed by atoms with Crippen LogP contribution in [0.4, 0.5) is 0 Å². The van der Waals surface area contributed by atoms with Gasteiger partial charge in [0.1, 0.15) is 0 Å². The van der Waals surface area contributed by atoms with Crippen molar-refractivity contribution in [3.8, 4) is 0 Å². The Balaban J connectivity index is 1.66. The summed E-state index contributed by atoms with van der Waals surface area (Å²) in [7, 11) is 0. The molecule has 0 spiro atoms. The quantitative estimate of drug-likeness (QED) is 0.852. The van der Waals surface area contributed by atoms with E-state index in [2.05, 4.69) is 29.6 Å². The van der Waals surface area contributed by atoms with E-state index in [0.29, 0.717) is 6.54 Å².